The summed E-state index contributed by atoms with van der Waals surface area (Å²) in [7, 11) is 9.81. The number of rotatable bonds is 5. The van der Waals surface area contributed by atoms with Crippen molar-refractivity contribution in [1.29, 1.82) is 0 Å². The summed E-state index contributed by atoms with van der Waals surface area (Å²) in [5.74, 6) is 0. The Labute approximate surface area is 158 Å². The van der Waals surface area contributed by atoms with Crippen molar-refractivity contribution in [3.8, 4) is 11.4 Å². The van der Waals surface area contributed by atoms with Crippen molar-refractivity contribution in [3.63, 3.8) is 0 Å². The van der Waals surface area contributed by atoms with Crippen LogP contribution in [0.1, 0.15) is 24.0 Å². The zero-order chi connectivity index (χ0) is 17.2. The number of halogens is 2. The van der Waals surface area contributed by atoms with E-state index in [-0.39, 0.29) is 6.29 Å². The summed E-state index contributed by atoms with van der Waals surface area (Å²) >= 11 is -0.639. The molecule has 3 rings (SSSR count). The molecule has 132 valence electrons. The van der Waals surface area contributed by atoms with Gasteiger partial charge in [0, 0.05) is 12.4 Å². The number of nitrogens with zero attached hydrogens (tertiary/aromatic N) is 2. The Balaban J connectivity index is 0.000000647. The molecule has 3 heterocycles. The van der Waals surface area contributed by atoms with Crippen LogP contribution in [0.2, 0.25) is 0 Å². The van der Waals surface area contributed by atoms with Crippen LogP contribution in [0, 0.1) is 6.92 Å². The van der Waals surface area contributed by atoms with E-state index in [1.807, 2.05) is 18.5 Å². The summed E-state index contributed by atoms with van der Waals surface area (Å²) in [6, 6.07) is 8.25. The van der Waals surface area contributed by atoms with Gasteiger partial charge in [-0.25, -0.2) is 0 Å². The summed E-state index contributed by atoms with van der Waals surface area (Å²) < 4.78 is 10.9. The number of hydrogen-bond donors (Lipinski definition) is 0. The molecule has 0 unspecified atom stereocenters. The molecule has 0 atom stereocenters. The third-order valence-corrected chi connectivity index (χ3v) is 3.60. The normalized spacial score (nSPS) is 14.5. The number of aromatic nitrogens is 2. The molecule has 0 aliphatic carbocycles. The first-order valence-corrected chi connectivity index (χ1v) is 14.0. The van der Waals surface area contributed by atoms with Crippen LogP contribution in [0.4, 0.5) is 0 Å². The van der Waals surface area contributed by atoms with Gasteiger partial charge in [-0.2, -0.15) is 0 Å². The van der Waals surface area contributed by atoms with E-state index >= 15 is 0 Å². The van der Waals surface area contributed by atoms with Crippen molar-refractivity contribution >= 4 is 19.3 Å². The summed E-state index contributed by atoms with van der Waals surface area (Å²) in [5.41, 5.74) is 4.34. The predicted octanol–water partition coefficient (Wildman–Crippen LogP) is 4.52. The molecular formula is C17H20Cl2N2O2Os. The zero-order valence-electron chi connectivity index (χ0n) is 13.4. The van der Waals surface area contributed by atoms with E-state index in [4.69, 9.17) is 28.7 Å². The summed E-state index contributed by atoms with van der Waals surface area (Å²) in [6.07, 6.45) is 6.68. The van der Waals surface area contributed by atoms with Crippen LogP contribution in [0.5, 0.6) is 0 Å². The van der Waals surface area contributed by atoms with E-state index < -0.39 is 15.4 Å². The van der Waals surface area contributed by atoms with Crippen molar-refractivity contribution < 1.29 is 24.9 Å². The Kier molecular flexibility index (Phi) is 9.16. The summed E-state index contributed by atoms with van der Waals surface area (Å²) in [4.78, 5) is 8.82. The van der Waals surface area contributed by atoms with E-state index in [9.17, 15) is 0 Å². The van der Waals surface area contributed by atoms with E-state index in [2.05, 4.69) is 35.1 Å². The topological polar surface area (TPSA) is 44.2 Å². The molecule has 0 saturated carbocycles. The van der Waals surface area contributed by atoms with Gasteiger partial charge in [0.05, 0.1) is 24.6 Å². The second kappa shape index (κ2) is 11.1. The van der Waals surface area contributed by atoms with Crippen LogP contribution in [-0.4, -0.2) is 29.5 Å². The molecule has 1 fully saturated rings. The van der Waals surface area contributed by atoms with Crippen LogP contribution in [0.25, 0.3) is 11.4 Å². The minimum absolute atomic E-state index is 0.00949. The van der Waals surface area contributed by atoms with E-state index in [0.29, 0.717) is 0 Å². The predicted molar refractivity (Wildman–Crippen MR) is 92.5 cm³/mol. The van der Waals surface area contributed by atoms with Gasteiger partial charge in [0.15, 0.2) is 6.29 Å². The molecule has 0 N–H and O–H groups in total. The monoisotopic (exact) mass is 546 g/mol. The maximum absolute atomic E-state index is 5.45. The SMILES string of the molecule is Cc1ccnc(-c2cc(CCCC3OCCO3)ccn2)c1.[Cl][Os][Cl]. The first-order valence-electron chi connectivity index (χ1n) is 7.69. The Hall–Kier alpha value is -0.564. The Morgan fingerprint density at radius 2 is 1.71 bits per heavy atom. The van der Waals surface area contributed by atoms with Gasteiger partial charge in [-0.05, 0) is 61.6 Å². The summed E-state index contributed by atoms with van der Waals surface area (Å²) in [6.45, 7) is 3.52. The van der Waals surface area contributed by atoms with Crippen LogP contribution < -0.4 is 0 Å². The fourth-order valence-corrected chi connectivity index (χ4v) is 2.49. The molecular weight excluding hydrogens is 525 g/mol. The molecule has 24 heavy (non-hydrogen) atoms. The second-order valence-electron chi connectivity index (χ2n) is 5.38. The second-order valence-corrected chi connectivity index (χ2v) is 9.05. The van der Waals surface area contributed by atoms with Crippen LogP contribution in [-0.2, 0) is 31.3 Å². The first-order chi connectivity index (χ1) is 11.7. The van der Waals surface area contributed by atoms with Crippen molar-refractivity contribution in [3.05, 3.63) is 47.8 Å². The van der Waals surface area contributed by atoms with Gasteiger partial charge in [0.25, 0.3) is 0 Å². The quantitative estimate of drug-likeness (QED) is 0.555. The molecule has 0 amide bonds. The molecule has 2 aromatic heterocycles. The van der Waals surface area contributed by atoms with Crippen molar-refractivity contribution in [2.45, 2.75) is 32.5 Å². The van der Waals surface area contributed by atoms with Crippen LogP contribution in [0.15, 0.2) is 36.7 Å². The number of aryl methyl sites for hydroxylation is 2. The molecule has 4 nitrogen and oxygen atoms in total. The average molecular weight is 545 g/mol. The molecule has 0 aromatic carbocycles. The van der Waals surface area contributed by atoms with Crippen molar-refractivity contribution in [1.82, 2.24) is 9.97 Å². The fraction of sp³-hybridized carbons (Fsp3) is 0.412. The van der Waals surface area contributed by atoms with Crippen LogP contribution in [0.3, 0.4) is 0 Å². The summed E-state index contributed by atoms with van der Waals surface area (Å²) in [5, 5.41) is 0. The molecule has 0 radical (unpaired) electrons. The molecule has 1 aliphatic rings. The molecule has 7 heteroatoms. The van der Waals surface area contributed by atoms with E-state index in [1.165, 1.54) is 11.1 Å². The molecule has 0 bridgehead atoms. The fourth-order valence-electron chi connectivity index (χ4n) is 2.49. The van der Waals surface area contributed by atoms with Gasteiger partial charge in [-0.3, -0.25) is 9.97 Å². The van der Waals surface area contributed by atoms with Gasteiger partial charge < -0.3 is 9.47 Å². The molecule has 0 spiro atoms. The number of pyridine rings is 2. The zero-order valence-corrected chi connectivity index (χ0v) is 17.4. The van der Waals surface area contributed by atoms with E-state index in [1.54, 1.807) is 0 Å². The number of hydrogen-bond acceptors (Lipinski definition) is 4. The third kappa shape index (κ3) is 6.74. The first kappa shape index (κ1) is 19.8. The van der Waals surface area contributed by atoms with Gasteiger partial charge >= 0.3 is 34.7 Å². The number of ether oxygens (including phenoxy) is 2. The standard InChI is InChI=1S/C17H20N2O2.2ClH.Os/c1-13-5-7-18-15(11-13)16-12-14(6-8-19-16)3-2-4-17-20-9-10-21-17;;;/h5-8,11-12,17H,2-4,9-10H2,1H3;2*1H;/q;;;+2/p-2. The van der Waals surface area contributed by atoms with Gasteiger partial charge in [-0.15, -0.1) is 0 Å². The Bertz CT molecular complexity index is 625. The van der Waals surface area contributed by atoms with Crippen LogP contribution >= 0.6 is 19.3 Å². The molecule has 1 saturated heterocycles. The minimum atomic E-state index is -0.639. The van der Waals surface area contributed by atoms with Gasteiger partial charge in [0.2, 0.25) is 0 Å². The van der Waals surface area contributed by atoms with E-state index in [0.717, 1.165) is 43.9 Å². The average Bonchev–Trinajstić information content (AvgIpc) is 3.09. The molecule has 1 aliphatic heterocycles. The Morgan fingerprint density at radius 1 is 1.08 bits per heavy atom. The third-order valence-electron chi connectivity index (χ3n) is 3.60. The Morgan fingerprint density at radius 3 is 2.38 bits per heavy atom. The van der Waals surface area contributed by atoms with Gasteiger partial charge in [-0.1, -0.05) is 0 Å². The van der Waals surface area contributed by atoms with Gasteiger partial charge in [0.1, 0.15) is 0 Å². The maximum atomic E-state index is 5.45. The molecule has 2 aromatic rings. The van der Waals surface area contributed by atoms with Crippen molar-refractivity contribution in [2.75, 3.05) is 13.2 Å². The van der Waals surface area contributed by atoms with Crippen molar-refractivity contribution in [2.24, 2.45) is 0 Å².